The topological polar surface area (TPSA) is 53.6 Å². The first-order valence-electron chi connectivity index (χ1n) is 4.70. The van der Waals surface area contributed by atoms with Crippen LogP contribution in [-0.4, -0.2) is 22.4 Å². The van der Waals surface area contributed by atoms with E-state index in [0.29, 0.717) is 6.54 Å². The third kappa shape index (κ3) is 3.24. The van der Waals surface area contributed by atoms with E-state index in [0.717, 1.165) is 17.1 Å². The summed E-state index contributed by atoms with van der Waals surface area (Å²) in [6, 6.07) is 1.41. The van der Waals surface area contributed by atoms with E-state index < -0.39 is 17.8 Å². The van der Waals surface area contributed by atoms with Crippen LogP contribution in [0.25, 0.3) is 0 Å². The Morgan fingerprint density at radius 3 is 2.75 bits per heavy atom. The lowest BCUT2D eigenvalue weighted by Gasteiger charge is -2.09. The zero-order valence-electron chi connectivity index (χ0n) is 8.62. The molecule has 0 fully saturated rings. The fourth-order valence-corrected chi connectivity index (χ4v) is 1.19. The van der Waals surface area contributed by atoms with Gasteiger partial charge in [0.05, 0.1) is 24.4 Å². The number of likely N-dealkylation sites (N-methyl/N-ethyl adjacent to an activating group) is 1. The molecule has 0 amide bonds. The van der Waals surface area contributed by atoms with Gasteiger partial charge in [-0.25, -0.2) is 0 Å². The quantitative estimate of drug-likeness (QED) is 0.853. The van der Waals surface area contributed by atoms with E-state index in [2.05, 4.69) is 10.4 Å². The van der Waals surface area contributed by atoms with Crippen LogP contribution in [0.3, 0.4) is 0 Å². The van der Waals surface area contributed by atoms with Gasteiger partial charge < -0.3 is 5.32 Å². The minimum atomic E-state index is -4.39. The molecule has 1 atom stereocenters. The highest BCUT2D eigenvalue weighted by Crippen LogP contribution is 2.28. The van der Waals surface area contributed by atoms with Crippen LogP contribution in [0.5, 0.6) is 0 Å². The van der Waals surface area contributed by atoms with Crippen molar-refractivity contribution in [2.24, 2.45) is 0 Å². The molecule has 0 spiro atoms. The minimum Gasteiger partial charge on any atom is -0.301 e. The molecule has 0 aliphatic heterocycles. The Morgan fingerprint density at radius 1 is 1.62 bits per heavy atom. The lowest BCUT2D eigenvalue weighted by atomic mass is 10.3. The molecule has 1 aromatic heterocycles. The van der Waals surface area contributed by atoms with Crippen LogP contribution in [0.15, 0.2) is 12.4 Å². The van der Waals surface area contributed by atoms with Crippen molar-refractivity contribution in [3.8, 4) is 6.07 Å². The van der Waals surface area contributed by atoms with E-state index in [1.165, 1.54) is 0 Å². The molecule has 1 N–H and O–H groups in total. The maximum Gasteiger partial charge on any atom is 0.419 e. The highest BCUT2D eigenvalue weighted by Gasteiger charge is 2.32. The Bertz CT molecular complexity index is 377. The standard InChI is InChI=1S/C9H11F3N4/c1-2-14-8(3-13)6-16-5-7(4-15-16)9(10,11)12/h4-5,8,14H,2,6H2,1H3. The largest absolute Gasteiger partial charge is 0.419 e. The smallest absolute Gasteiger partial charge is 0.301 e. The lowest BCUT2D eigenvalue weighted by Crippen LogP contribution is -2.31. The summed E-state index contributed by atoms with van der Waals surface area (Å²) in [4.78, 5) is 0. The molecular weight excluding hydrogens is 221 g/mol. The molecule has 0 saturated carbocycles. The van der Waals surface area contributed by atoms with E-state index in [9.17, 15) is 13.2 Å². The molecule has 16 heavy (non-hydrogen) atoms. The lowest BCUT2D eigenvalue weighted by molar-refractivity contribution is -0.137. The number of nitrogens with zero attached hydrogens (tertiary/aromatic N) is 3. The Balaban J connectivity index is 2.69. The van der Waals surface area contributed by atoms with E-state index in [-0.39, 0.29) is 6.54 Å². The van der Waals surface area contributed by atoms with Crippen molar-refractivity contribution in [3.05, 3.63) is 18.0 Å². The summed E-state index contributed by atoms with van der Waals surface area (Å²) in [5, 5.41) is 15.1. The van der Waals surface area contributed by atoms with Crippen molar-refractivity contribution in [3.63, 3.8) is 0 Å². The first-order chi connectivity index (χ1) is 7.47. The SMILES string of the molecule is CCNC(C#N)Cn1cc(C(F)(F)F)cn1. The van der Waals surface area contributed by atoms with Crippen LogP contribution in [-0.2, 0) is 12.7 Å². The molecule has 88 valence electrons. The van der Waals surface area contributed by atoms with E-state index in [1.807, 2.05) is 13.0 Å². The van der Waals surface area contributed by atoms with E-state index >= 15 is 0 Å². The first-order valence-corrected chi connectivity index (χ1v) is 4.70. The van der Waals surface area contributed by atoms with E-state index in [4.69, 9.17) is 5.26 Å². The van der Waals surface area contributed by atoms with Crippen molar-refractivity contribution in [1.29, 1.82) is 5.26 Å². The average Bonchev–Trinajstić information content (AvgIpc) is 2.65. The van der Waals surface area contributed by atoms with Crippen molar-refractivity contribution in [2.45, 2.75) is 25.7 Å². The molecule has 7 heteroatoms. The average molecular weight is 232 g/mol. The summed E-state index contributed by atoms with van der Waals surface area (Å²) in [5.74, 6) is 0. The van der Waals surface area contributed by atoms with Crippen LogP contribution >= 0.6 is 0 Å². The monoisotopic (exact) mass is 232 g/mol. The van der Waals surface area contributed by atoms with Gasteiger partial charge in [0.25, 0.3) is 0 Å². The number of hydrogen-bond acceptors (Lipinski definition) is 3. The van der Waals surface area contributed by atoms with Gasteiger partial charge >= 0.3 is 6.18 Å². The predicted octanol–water partition coefficient (Wildman–Crippen LogP) is 1.40. The highest BCUT2D eigenvalue weighted by molar-refractivity contribution is 5.08. The first kappa shape index (κ1) is 12.5. The second kappa shape index (κ2) is 4.99. The van der Waals surface area contributed by atoms with Crippen LogP contribution in [0.4, 0.5) is 13.2 Å². The van der Waals surface area contributed by atoms with Crippen molar-refractivity contribution < 1.29 is 13.2 Å². The summed E-state index contributed by atoms with van der Waals surface area (Å²) in [5.41, 5.74) is -0.805. The molecule has 1 heterocycles. The maximum atomic E-state index is 12.2. The Morgan fingerprint density at radius 2 is 2.31 bits per heavy atom. The number of aromatic nitrogens is 2. The molecule has 1 unspecified atom stereocenters. The van der Waals surface area contributed by atoms with Gasteiger partial charge in [0.2, 0.25) is 0 Å². The number of halogens is 3. The summed E-state index contributed by atoms with van der Waals surface area (Å²) in [6.45, 7) is 2.49. The molecular formula is C9H11F3N4. The molecule has 0 aromatic carbocycles. The Labute approximate surface area is 90.7 Å². The number of hydrogen-bond donors (Lipinski definition) is 1. The van der Waals surface area contributed by atoms with Gasteiger partial charge in [-0.15, -0.1) is 0 Å². The summed E-state index contributed by atoms with van der Waals surface area (Å²) in [6.07, 6.45) is -2.75. The molecule has 1 aromatic rings. The van der Waals surface area contributed by atoms with Gasteiger partial charge in [-0.3, -0.25) is 4.68 Å². The molecule has 0 aliphatic rings. The summed E-state index contributed by atoms with van der Waals surface area (Å²) < 4.78 is 37.8. The number of nitriles is 1. The van der Waals surface area contributed by atoms with Crippen LogP contribution in [0.1, 0.15) is 12.5 Å². The molecule has 0 saturated heterocycles. The second-order valence-corrected chi connectivity index (χ2v) is 3.19. The number of nitrogens with one attached hydrogen (secondary N) is 1. The van der Waals surface area contributed by atoms with Gasteiger partial charge in [0, 0.05) is 6.20 Å². The highest BCUT2D eigenvalue weighted by atomic mass is 19.4. The minimum absolute atomic E-state index is 0.0976. The number of alkyl halides is 3. The summed E-state index contributed by atoms with van der Waals surface area (Å²) in [7, 11) is 0. The fourth-order valence-electron chi connectivity index (χ4n) is 1.19. The van der Waals surface area contributed by atoms with Crippen molar-refractivity contribution in [1.82, 2.24) is 15.1 Å². The third-order valence-electron chi connectivity index (χ3n) is 1.94. The fraction of sp³-hybridized carbons (Fsp3) is 0.556. The van der Waals surface area contributed by atoms with E-state index in [1.54, 1.807) is 0 Å². The normalized spacial score (nSPS) is 13.4. The van der Waals surface area contributed by atoms with Crippen LogP contribution in [0.2, 0.25) is 0 Å². The van der Waals surface area contributed by atoms with Gasteiger partial charge in [0.15, 0.2) is 0 Å². The second-order valence-electron chi connectivity index (χ2n) is 3.19. The summed E-state index contributed by atoms with van der Waals surface area (Å²) >= 11 is 0. The molecule has 0 bridgehead atoms. The van der Waals surface area contributed by atoms with Crippen LogP contribution in [0, 0.1) is 11.3 Å². The molecule has 1 rings (SSSR count). The van der Waals surface area contributed by atoms with Gasteiger partial charge in [-0.1, -0.05) is 6.92 Å². The zero-order valence-corrected chi connectivity index (χ0v) is 8.62. The van der Waals surface area contributed by atoms with Crippen LogP contribution < -0.4 is 5.32 Å². The maximum absolute atomic E-state index is 12.2. The van der Waals surface area contributed by atoms with Crippen molar-refractivity contribution in [2.75, 3.05) is 6.54 Å². The Kier molecular flexibility index (Phi) is 3.90. The van der Waals surface area contributed by atoms with Gasteiger partial charge in [0.1, 0.15) is 6.04 Å². The van der Waals surface area contributed by atoms with Gasteiger partial charge in [-0.05, 0) is 6.54 Å². The Hall–Kier alpha value is -1.55. The van der Waals surface area contributed by atoms with Crippen molar-refractivity contribution >= 4 is 0 Å². The predicted molar refractivity (Wildman–Crippen MR) is 50.3 cm³/mol. The molecule has 0 aliphatic carbocycles. The van der Waals surface area contributed by atoms with Gasteiger partial charge in [-0.2, -0.15) is 23.5 Å². The molecule has 0 radical (unpaired) electrons. The third-order valence-corrected chi connectivity index (χ3v) is 1.94. The molecule has 4 nitrogen and oxygen atoms in total. The zero-order chi connectivity index (χ0) is 12.2. The number of rotatable bonds is 4.